The molecule has 2 aromatic carbocycles. The quantitative estimate of drug-likeness (QED) is 0.421. The van der Waals surface area contributed by atoms with Crippen molar-refractivity contribution >= 4 is 23.3 Å². The number of hydrogen-bond donors (Lipinski definition) is 0. The van der Waals surface area contributed by atoms with Crippen molar-refractivity contribution < 1.29 is 4.79 Å². The van der Waals surface area contributed by atoms with Gasteiger partial charge in [0, 0.05) is 30.1 Å². The number of carbonyl (C=O) groups excluding carboxylic acids is 1. The normalized spacial score (nSPS) is 17.5. The average Bonchev–Trinajstić information content (AvgIpc) is 3.28. The summed E-state index contributed by atoms with van der Waals surface area (Å²) in [5.74, 6) is 1.30. The Morgan fingerprint density at radius 3 is 2.48 bits per heavy atom. The summed E-state index contributed by atoms with van der Waals surface area (Å²) in [4.78, 5) is 16.9. The fourth-order valence-corrected chi connectivity index (χ4v) is 5.35. The largest absolute Gasteiger partial charge is 0.341 e. The average molecular weight is 429 g/mol. The topological polar surface area (TPSA) is 50.5 Å². The van der Waals surface area contributed by atoms with Crippen LogP contribution < -0.4 is 0 Å². The predicted octanol–water partition coefficient (Wildman–Crippen LogP) is 4.97. The molecule has 156 valence electrons. The lowest BCUT2D eigenvalue weighted by atomic mass is 9.96. The van der Waals surface area contributed by atoms with E-state index in [1.165, 1.54) is 0 Å². The Morgan fingerprint density at radius 2 is 1.68 bits per heavy atom. The molecule has 2 atom stereocenters. The van der Waals surface area contributed by atoms with E-state index >= 15 is 0 Å². The molecule has 1 aliphatic heterocycles. The van der Waals surface area contributed by atoms with Crippen molar-refractivity contribution in [1.29, 1.82) is 0 Å². The van der Waals surface area contributed by atoms with E-state index < -0.39 is 0 Å². The maximum atomic E-state index is 13.7. The van der Waals surface area contributed by atoms with E-state index in [9.17, 15) is 4.79 Å². The van der Waals surface area contributed by atoms with Crippen LogP contribution in [0.5, 0.6) is 0 Å². The van der Waals surface area contributed by atoms with Crippen LogP contribution in [0.2, 0.25) is 0 Å². The van der Waals surface area contributed by atoms with Gasteiger partial charge in [-0.1, -0.05) is 54.6 Å². The molecule has 0 radical (unpaired) electrons. The van der Waals surface area contributed by atoms with Gasteiger partial charge in [0.25, 0.3) is 0 Å². The number of fused-ring (bicyclic) bond motifs is 1. The van der Waals surface area contributed by atoms with Gasteiger partial charge in [-0.25, -0.2) is 0 Å². The first kappa shape index (κ1) is 19.8. The number of thioether (sulfide) groups is 1. The molecule has 6 heteroatoms. The van der Waals surface area contributed by atoms with Crippen LogP contribution in [0.15, 0.2) is 90.0 Å². The van der Waals surface area contributed by atoms with E-state index in [2.05, 4.69) is 22.3 Å². The lowest BCUT2D eigenvalue weighted by molar-refractivity contribution is -0.132. The standard InChI is InChI=1S/C25H24N4OS/c30-25(23(19-10-3-1-4-11-19)31-21-13-5-2-6-14-21)28-16-9-12-20(18-28)24-27-26-22-15-7-8-17-29(22)24/h1-8,10-11,13-15,17,20,23H,9,12,16,18H2/t20-,23+/m1/s1. The summed E-state index contributed by atoms with van der Waals surface area (Å²) in [6.07, 6.45) is 3.99. The minimum atomic E-state index is -0.266. The molecule has 5 nitrogen and oxygen atoms in total. The molecular weight excluding hydrogens is 404 g/mol. The zero-order chi connectivity index (χ0) is 21.0. The van der Waals surface area contributed by atoms with Crippen LogP contribution in [0.4, 0.5) is 0 Å². The molecule has 0 saturated carbocycles. The third kappa shape index (κ3) is 4.21. The molecule has 1 amide bonds. The first-order valence-electron chi connectivity index (χ1n) is 10.6. The van der Waals surface area contributed by atoms with Crippen LogP contribution in [0.1, 0.15) is 35.4 Å². The van der Waals surface area contributed by atoms with Crippen molar-refractivity contribution in [3.8, 4) is 0 Å². The third-order valence-electron chi connectivity index (χ3n) is 5.76. The second kappa shape index (κ2) is 8.94. The van der Waals surface area contributed by atoms with E-state index in [4.69, 9.17) is 0 Å². The van der Waals surface area contributed by atoms with Gasteiger partial charge in [0.2, 0.25) is 5.91 Å². The van der Waals surface area contributed by atoms with Crippen molar-refractivity contribution in [2.45, 2.75) is 28.9 Å². The van der Waals surface area contributed by atoms with Crippen LogP contribution in [0, 0.1) is 0 Å². The van der Waals surface area contributed by atoms with E-state index in [1.54, 1.807) is 11.8 Å². The number of aromatic nitrogens is 3. The number of nitrogens with zero attached hydrogens (tertiary/aromatic N) is 4. The number of hydrogen-bond acceptors (Lipinski definition) is 4. The summed E-state index contributed by atoms with van der Waals surface area (Å²) in [6.45, 7) is 1.46. The molecule has 31 heavy (non-hydrogen) atoms. The molecule has 0 aliphatic carbocycles. The van der Waals surface area contributed by atoms with Crippen LogP contribution in [0.3, 0.4) is 0 Å². The highest BCUT2D eigenvalue weighted by Crippen LogP contribution is 2.38. The van der Waals surface area contributed by atoms with Gasteiger partial charge >= 0.3 is 0 Å². The SMILES string of the molecule is O=C([C@@H](Sc1ccccc1)c1ccccc1)N1CCC[C@@H](c2nnc3ccccn23)C1. The molecule has 0 spiro atoms. The molecule has 0 N–H and O–H groups in total. The Labute approximate surface area is 186 Å². The Morgan fingerprint density at radius 1 is 0.935 bits per heavy atom. The van der Waals surface area contributed by atoms with E-state index in [1.807, 2.05) is 82.2 Å². The van der Waals surface area contributed by atoms with Gasteiger partial charge in [-0.2, -0.15) is 0 Å². The monoisotopic (exact) mass is 428 g/mol. The molecule has 1 saturated heterocycles. The fraction of sp³-hybridized carbons (Fsp3) is 0.240. The summed E-state index contributed by atoms with van der Waals surface area (Å²) < 4.78 is 2.05. The Bertz CT molecular complexity index is 1160. The highest BCUT2D eigenvalue weighted by Gasteiger charge is 2.32. The second-order valence-electron chi connectivity index (χ2n) is 7.83. The minimum absolute atomic E-state index is 0.165. The molecule has 2 aromatic heterocycles. The minimum Gasteiger partial charge on any atom is -0.341 e. The van der Waals surface area contributed by atoms with Gasteiger partial charge in [-0.15, -0.1) is 22.0 Å². The van der Waals surface area contributed by atoms with E-state index in [-0.39, 0.29) is 17.1 Å². The lowest BCUT2D eigenvalue weighted by Crippen LogP contribution is -2.41. The zero-order valence-corrected chi connectivity index (χ0v) is 18.0. The van der Waals surface area contributed by atoms with E-state index in [0.717, 1.165) is 41.3 Å². The van der Waals surface area contributed by atoms with Gasteiger partial charge < -0.3 is 4.90 Å². The number of amides is 1. The summed E-state index contributed by atoms with van der Waals surface area (Å²) in [5.41, 5.74) is 1.89. The number of likely N-dealkylation sites (tertiary alicyclic amines) is 1. The van der Waals surface area contributed by atoms with E-state index in [0.29, 0.717) is 6.54 Å². The third-order valence-corrected chi connectivity index (χ3v) is 7.02. The highest BCUT2D eigenvalue weighted by atomic mass is 32.2. The second-order valence-corrected chi connectivity index (χ2v) is 9.01. The molecule has 0 unspecified atom stereocenters. The van der Waals surface area contributed by atoms with Crippen molar-refractivity contribution in [3.05, 3.63) is 96.4 Å². The first-order chi connectivity index (χ1) is 15.3. The lowest BCUT2D eigenvalue weighted by Gasteiger charge is -2.34. The molecule has 3 heterocycles. The Hall–Kier alpha value is -3.12. The molecule has 5 rings (SSSR count). The molecule has 1 fully saturated rings. The Balaban J connectivity index is 1.40. The first-order valence-corrected chi connectivity index (χ1v) is 11.5. The molecule has 4 aromatic rings. The summed E-state index contributed by atoms with van der Waals surface area (Å²) in [5, 5.41) is 8.49. The van der Waals surface area contributed by atoms with Crippen molar-refractivity contribution in [1.82, 2.24) is 19.5 Å². The summed E-state index contributed by atoms with van der Waals surface area (Å²) >= 11 is 1.62. The van der Waals surface area contributed by atoms with Gasteiger partial charge in [0.1, 0.15) is 11.1 Å². The highest BCUT2D eigenvalue weighted by molar-refractivity contribution is 8.00. The van der Waals surface area contributed by atoms with Crippen molar-refractivity contribution in [3.63, 3.8) is 0 Å². The maximum Gasteiger partial charge on any atom is 0.240 e. The van der Waals surface area contributed by atoms with Crippen molar-refractivity contribution in [2.24, 2.45) is 0 Å². The molecule has 0 bridgehead atoms. The number of benzene rings is 2. The van der Waals surface area contributed by atoms with Crippen LogP contribution in [-0.2, 0) is 4.79 Å². The zero-order valence-electron chi connectivity index (χ0n) is 17.2. The predicted molar refractivity (Wildman–Crippen MR) is 123 cm³/mol. The van der Waals surface area contributed by atoms with Gasteiger partial charge in [-0.05, 0) is 42.7 Å². The number of carbonyl (C=O) groups is 1. The molecule has 1 aliphatic rings. The number of piperidine rings is 1. The van der Waals surface area contributed by atoms with Gasteiger partial charge in [0.05, 0.1) is 0 Å². The van der Waals surface area contributed by atoms with Crippen molar-refractivity contribution in [2.75, 3.05) is 13.1 Å². The van der Waals surface area contributed by atoms with Gasteiger partial charge in [0.15, 0.2) is 5.65 Å². The van der Waals surface area contributed by atoms with Crippen LogP contribution >= 0.6 is 11.8 Å². The Kier molecular flexibility index (Phi) is 5.71. The van der Waals surface area contributed by atoms with Crippen LogP contribution in [0.25, 0.3) is 5.65 Å². The fourth-order valence-electron chi connectivity index (χ4n) is 4.22. The molecular formula is C25H24N4OS. The summed E-state index contributed by atoms with van der Waals surface area (Å²) in [6, 6.07) is 26.2. The van der Waals surface area contributed by atoms with Gasteiger partial charge in [-0.3, -0.25) is 9.20 Å². The van der Waals surface area contributed by atoms with Crippen LogP contribution in [-0.4, -0.2) is 38.5 Å². The number of pyridine rings is 1. The summed E-state index contributed by atoms with van der Waals surface area (Å²) in [7, 11) is 0. The maximum absolute atomic E-state index is 13.7. The smallest absolute Gasteiger partial charge is 0.240 e. The number of rotatable bonds is 5.